The highest BCUT2D eigenvalue weighted by molar-refractivity contribution is 5.95. The molecule has 0 bridgehead atoms. The van der Waals surface area contributed by atoms with Crippen LogP contribution in [0, 0.1) is 0 Å². The van der Waals surface area contributed by atoms with E-state index in [0.29, 0.717) is 5.82 Å². The van der Waals surface area contributed by atoms with E-state index in [1.807, 2.05) is 6.92 Å². The maximum absolute atomic E-state index is 11.7. The molecule has 0 aliphatic heterocycles. The van der Waals surface area contributed by atoms with E-state index in [4.69, 9.17) is 0 Å². The molecule has 1 atom stereocenters. The van der Waals surface area contributed by atoms with Gasteiger partial charge in [0.25, 0.3) is 5.91 Å². The van der Waals surface area contributed by atoms with E-state index in [-0.39, 0.29) is 11.6 Å². The number of hydrogen-bond acceptors (Lipinski definition) is 5. The Morgan fingerprint density at radius 3 is 2.56 bits per heavy atom. The largest absolute Gasteiger partial charge is 0.369 e. The highest BCUT2D eigenvalue weighted by atomic mass is 16.2. The van der Waals surface area contributed by atoms with Gasteiger partial charge in [-0.3, -0.25) is 9.59 Å². The molecule has 1 unspecified atom stereocenters. The Bertz CT molecular complexity index is 418. The Morgan fingerprint density at radius 1 is 1.33 bits per heavy atom. The second-order valence-electron chi connectivity index (χ2n) is 3.64. The van der Waals surface area contributed by atoms with Crippen molar-refractivity contribution >= 4 is 17.6 Å². The number of carbonyl (C=O) groups is 2. The van der Waals surface area contributed by atoms with Crippen molar-refractivity contribution in [1.29, 1.82) is 0 Å². The first-order valence-electron chi connectivity index (χ1n) is 5.68. The fraction of sp³-hybridized carbons (Fsp3) is 0.455. The standard InChI is InChI=1S/C11H17N5O2/c1-4-13-9-6-5-8(15-16-9)11(18)14-7(2)10(17)12-3/h5-7H,4H2,1-3H3,(H,12,17)(H,13,16)(H,14,18). The van der Waals surface area contributed by atoms with Crippen LogP contribution in [0.1, 0.15) is 24.3 Å². The SMILES string of the molecule is CCNc1ccc(C(=O)NC(C)C(=O)NC)nn1. The summed E-state index contributed by atoms with van der Waals surface area (Å²) in [6, 6.07) is 2.60. The second-order valence-corrected chi connectivity index (χ2v) is 3.64. The molecule has 1 heterocycles. The topological polar surface area (TPSA) is 96.0 Å². The minimum absolute atomic E-state index is 0.174. The number of aromatic nitrogens is 2. The molecule has 7 heteroatoms. The highest BCUT2D eigenvalue weighted by Crippen LogP contribution is 2.01. The fourth-order valence-electron chi connectivity index (χ4n) is 1.28. The van der Waals surface area contributed by atoms with E-state index in [0.717, 1.165) is 6.54 Å². The van der Waals surface area contributed by atoms with Gasteiger partial charge in [-0.15, -0.1) is 10.2 Å². The van der Waals surface area contributed by atoms with Gasteiger partial charge in [0.2, 0.25) is 5.91 Å². The molecule has 7 nitrogen and oxygen atoms in total. The predicted molar refractivity (Wildman–Crippen MR) is 67.2 cm³/mol. The maximum atomic E-state index is 11.7. The number of nitrogens with one attached hydrogen (secondary N) is 3. The van der Waals surface area contributed by atoms with Crippen LogP contribution in [0.2, 0.25) is 0 Å². The average Bonchev–Trinajstić information content (AvgIpc) is 2.38. The molecule has 0 saturated carbocycles. The molecule has 2 amide bonds. The van der Waals surface area contributed by atoms with Crippen LogP contribution in [-0.4, -0.2) is 41.6 Å². The van der Waals surface area contributed by atoms with Gasteiger partial charge in [0, 0.05) is 13.6 Å². The summed E-state index contributed by atoms with van der Waals surface area (Å²) in [6.45, 7) is 4.26. The zero-order valence-corrected chi connectivity index (χ0v) is 10.7. The molecular weight excluding hydrogens is 234 g/mol. The molecule has 0 aliphatic carbocycles. The molecule has 1 rings (SSSR count). The number of amides is 2. The van der Waals surface area contributed by atoms with E-state index in [1.54, 1.807) is 19.1 Å². The smallest absolute Gasteiger partial charge is 0.272 e. The molecule has 0 fully saturated rings. The van der Waals surface area contributed by atoms with Gasteiger partial charge >= 0.3 is 0 Å². The summed E-state index contributed by atoms with van der Waals surface area (Å²) in [5, 5.41) is 15.6. The molecule has 18 heavy (non-hydrogen) atoms. The first-order valence-corrected chi connectivity index (χ1v) is 5.68. The lowest BCUT2D eigenvalue weighted by Gasteiger charge is -2.11. The summed E-state index contributed by atoms with van der Waals surface area (Å²) in [6.07, 6.45) is 0. The van der Waals surface area contributed by atoms with Crippen LogP contribution >= 0.6 is 0 Å². The molecular formula is C11H17N5O2. The van der Waals surface area contributed by atoms with Crippen LogP contribution in [0.4, 0.5) is 5.82 Å². The molecule has 0 saturated heterocycles. The van der Waals surface area contributed by atoms with Crippen molar-refractivity contribution in [3.8, 4) is 0 Å². The molecule has 0 radical (unpaired) electrons. The number of carbonyl (C=O) groups excluding carboxylic acids is 2. The normalized spacial score (nSPS) is 11.5. The van der Waals surface area contributed by atoms with Gasteiger partial charge < -0.3 is 16.0 Å². The molecule has 0 aromatic carbocycles. The van der Waals surface area contributed by atoms with Gasteiger partial charge in [0.05, 0.1) is 0 Å². The summed E-state index contributed by atoms with van der Waals surface area (Å²) in [7, 11) is 1.51. The lowest BCUT2D eigenvalue weighted by molar-refractivity contribution is -0.122. The Hall–Kier alpha value is -2.18. The third-order valence-electron chi connectivity index (χ3n) is 2.24. The molecule has 3 N–H and O–H groups in total. The lowest BCUT2D eigenvalue weighted by Crippen LogP contribution is -2.43. The number of likely N-dealkylation sites (N-methyl/N-ethyl adjacent to an activating group) is 1. The predicted octanol–water partition coefficient (Wildman–Crippen LogP) is -0.227. The number of anilines is 1. The van der Waals surface area contributed by atoms with Gasteiger partial charge in [-0.2, -0.15) is 0 Å². The molecule has 0 spiro atoms. The summed E-state index contributed by atoms with van der Waals surface area (Å²) < 4.78 is 0. The Kier molecular flexibility index (Phi) is 5.04. The zero-order chi connectivity index (χ0) is 13.5. The van der Waals surface area contributed by atoms with E-state index in [9.17, 15) is 9.59 Å². The van der Waals surface area contributed by atoms with E-state index >= 15 is 0 Å². The Morgan fingerprint density at radius 2 is 2.06 bits per heavy atom. The molecule has 98 valence electrons. The second kappa shape index (κ2) is 6.53. The van der Waals surface area contributed by atoms with Crippen LogP contribution in [0.25, 0.3) is 0 Å². The summed E-state index contributed by atoms with van der Waals surface area (Å²) in [4.78, 5) is 23.0. The highest BCUT2D eigenvalue weighted by Gasteiger charge is 2.16. The van der Waals surface area contributed by atoms with E-state index in [2.05, 4.69) is 26.1 Å². The van der Waals surface area contributed by atoms with Crippen molar-refractivity contribution in [3.05, 3.63) is 17.8 Å². The third-order valence-corrected chi connectivity index (χ3v) is 2.24. The monoisotopic (exact) mass is 251 g/mol. The van der Waals surface area contributed by atoms with Gasteiger partial charge in [-0.25, -0.2) is 0 Å². The van der Waals surface area contributed by atoms with Crippen molar-refractivity contribution in [2.45, 2.75) is 19.9 Å². The minimum Gasteiger partial charge on any atom is -0.369 e. The quantitative estimate of drug-likeness (QED) is 0.672. The van der Waals surface area contributed by atoms with Crippen LogP contribution in [-0.2, 0) is 4.79 Å². The lowest BCUT2D eigenvalue weighted by atomic mass is 10.3. The van der Waals surface area contributed by atoms with Gasteiger partial charge in [0.15, 0.2) is 5.69 Å². The van der Waals surface area contributed by atoms with E-state index in [1.165, 1.54) is 7.05 Å². The summed E-state index contributed by atoms with van der Waals surface area (Å²) in [5.74, 6) is -0.0874. The molecule has 0 aliphatic rings. The first-order chi connectivity index (χ1) is 8.58. The van der Waals surface area contributed by atoms with Crippen molar-refractivity contribution in [2.75, 3.05) is 18.9 Å². The number of nitrogens with zero attached hydrogens (tertiary/aromatic N) is 2. The van der Waals surface area contributed by atoms with Crippen molar-refractivity contribution in [3.63, 3.8) is 0 Å². The van der Waals surface area contributed by atoms with Crippen LogP contribution in [0.15, 0.2) is 12.1 Å². The first kappa shape index (κ1) is 13.9. The number of rotatable bonds is 5. The average molecular weight is 251 g/mol. The Balaban J connectivity index is 2.64. The fourth-order valence-corrected chi connectivity index (χ4v) is 1.28. The van der Waals surface area contributed by atoms with Crippen LogP contribution < -0.4 is 16.0 Å². The van der Waals surface area contributed by atoms with Crippen molar-refractivity contribution in [1.82, 2.24) is 20.8 Å². The summed E-state index contributed by atoms with van der Waals surface area (Å²) in [5.41, 5.74) is 0.174. The van der Waals surface area contributed by atoms with Gasteiger partial charge in [-0.05, 0) is 26.0 Å². The molecule has 1 aromatic rings. The Labute approximate surface area is 105 Å². The minimum atomic E-state index is -0.613. The van der Waals surface area contributed by atoms with E-state index < -0.39 is 11.9 Å². The maximum Gasteiger partial charge on any atom is 0.272 e. The van der Waals surface area contributed by atoms with Crippen molar-refractivity contribution < 1.29 is 9.59 Å². The zero-order valence-electron chi connectivity index (χ0n) is 10.7. The van der Waals surface area contributed by atoms with Crippen LogP contribution in [0.5, 0.6) is 0 Å². The third kappa shape index (κ3) is 3.69. The van der Waals surface area contributed by atoms with Gasteiger partial charge in [0.1, 0.15) is 11.9 Å². The summed E-state index contributed by atoms with van der Waals surface area (Å²) >= 11 is 0. The number of hydrogen-bond donors (Lipinski definition) is 3. The van der Waals surface area contributed by atoms with Gasteiger partial charge in [-0.1, -0.05) is 0 Å². The van der Waals surface area contributed by atoms with Crippen molar-refractivity contribution in [2.24, 2.45) is 0 Å². The van der Waals surface area contributed by atoms with Crippen LogP contribution in [0.3, 0.4) is 0 Å². The molecule has 1 aromatic heterocycles.